The lowest BCUT2D eigenvalue weighted by molar-refractivity contribution is -0.0512. The van der Waals surface area contributed by atoms with E-state index in [1.165, 1.54) is 26.4 Å². The van der Waals surface area contributed by atoms with Gasteiger partial charge in [0.2, 0.25) is 0 Å². The SMILES string of the molecule is COc1ccc(CCNC(=O)c2ccc(Cl)cc2OC)cc1OC(F)F. The molecule has 0 saturated heterocycles. The van der Waals surface area contributed by atoms with Crippen LogP contribution in [0.2, 0.25) is 5.02 Å². The van der Waals surface area contributed by atoms with Gasteiger partial charge in [-0.2, -0.15) is 8.78 Å². The summed E-state index contributed by atoms with van der Waals surface area (Å²) in [4.78, 5) is 12.3. The number of halogens is 3. The van der Waals surface area contributed by atoms with E-state index >= 15 is 0 Å². The number of carbonyl (C=O) groups excluding carboxylic acids is 1. The molecular formula is C18H18ClF2NO4. The number of hydrogen-bond donors (Lipinski definition) is 1. The first-order chi connectivity index (χ1) is 12.4. The lowest BCUT2D eigenvalue weighted by atomic mass is 10.1. The number of ether oxygens (including phenoxy) is 3. The van der Waals surface area contributed by atoms with Crippen LogP contribution in [0.3, 0.4) is 0 Å². The molecule has 0 aromatic heterocycles. The number of carbonyl (C=O) groups is 1. The molecule has 5 nitrogen and oxygen atoms in total. The molecule has 0 spiro atoms. The van der Waals surface area contributed by atoms with Gasteiger partial charge in [0.05, 0.1) is 19.8 Å². The molecule has 0 aliphatic heterocycles. The van der Waals surface area contributed by atoms with Gasteiger partial charge < -0.3 is 19.5 Å². The van der Waals surface area contributed by atoms with Crippen molar-refractivity contribution in [3.8, 4) is 17.2 Å². The Hall–Kier alpha value is -2.54. The Morgan fingerprint density at radius 1 is 1.08 bits per heavy atom. The van der Waals surface area contributed by atoms with E-state index in [2.05, 4.69) is 10.1 Å². The fourth-order valence-electron chi connectivity index (χ4n) is 2.33. The van der Waals surface area contributed by atoms with Gasteiger partial charge in [-0.05, 0) is 42.3 Å². The maximum absolute atomic E-state index is 12.5. The summed E-state index contributed by atoms with van der Waals surface area (Å²) < 4.78 is 39.5. The van der Waals surface area contributed by atoms with Gasteiger partial charge in [-0.3, -0.25) is 4.79 Å². The van der Waals surface area contributed by atoms with E-state index < -0.39 is 6.61 Å². The van der Waals surface area contributed by atoms with Gasteiger partial charge in [-0.1, -0.05) is 17.7 Å². The van der Waals surface area contributed by atoms with Crippen molar-refractivity contribution in [2.45, 2.75) is 13.0 Å². The van der Waals surface area contributed by atoms with Crippen LogP contribution in [0.1, 0.15) is 15.9 Å². The lowest BCUT2D eigenvalue weighted by Gasteiger charge is -2.12. The number of benzene rings is 2. The van der Waals surface area contributed by atoms with Gasteiger partial charge in [-0.15, -0.1) is 0 Å². The highest BCUT2D eigenvalue weighted by molar-refractivity contribution is 6.30. The van der Waals surface area contributed by atoms with Crippen molar-refractivity contribution in [3.63, 3.8) is 0 Å². The topological polar surface area (TPSA) is 56.8 Å². The fourth-order valence-corrected chi connectivity index (χ4v) is 2.50. The highest BCUT2D eigenvalue weighted by Gasteiger charge is 2.14. The zero-order valence-corrected chi connectivity index (χ0v) is 15.0. The first kappa shape index (κ1) is 19.8. The zero-order valence-electron chi connectivity index (χ0n) is 14.2. The molecule has 0 fully saturated rings. The van der Waals surface area contributed by atoms with Crippen molar-refractivity contribution in [3.05, 3.63) is 52.5 Å². The van der Waals surface area contributed by atoms with Crippen LogP contribution in [-0.4, -0.2) is 33.3 Å². The van der Waals surface area contributed by atoms with E-state index in [0.29, 0.717) is 34.9 Å². The molecule has 0 unspecified atom stereocenters. The van der Waals surface area contributed by atoms with Crippen molar-refractivity contribution in [1.29, 1.82) is 0 Å². The molecule has 0 bridgehead atoms. The van der Waals surface area contributed by atoms with Crippen LogP contribution in [-0.2, 0) is 6.42 Å². The first-order valence-corrected chi connectivity index (χ1v) is 8.06. The quantitative estimate of drug-likeness (QED) is 0.748. The maximum atomic E-state index is 12.5. The highest BCUT2D eigenvalue weighted by atomic mass is 35.5. The van der Waals surface area contributed by atoms with E-state index in [9.17, 15) is 13.6 Å². The molecule has 0 saturated carbocycles. The zero-order chi connectivity index (χ0) is 19.1. The number of methoxy groups -OCH3 is 2. The van der Waals surface area contributed by atoms with Gasteiger partial charge in [0.1, 0.15) is 5.75 Å². The Balaban J connectivity index is 2.00. The standard InChI is InChI=1S/C18H18ClF2NO4/c1-24-14-6-3-11(9-16(14)26-18(20)21)7-8-22-17(23)13-5-4-12(19)10-15(13)25-2/h3-6,9-10,18H,7-8H2,1-2H3,(H,22,23). The van der Waals surface area contributed by atoms with Gasteiger partial charge in [-0.25, -0.2) is 0 Å². The number of alkyl halides is 2. The normalized spacial score (nSPS) is 10.5. The highest BCUT2D eigenvalue weighted by Crippen LogP contribution is 2.29. The lowest BCUT2D eigenvalue weighted by Crippen LogP contribution is -2.26. The molecular weight excluding hydrogens is 368 g/mol. The second-order valence-corrected chi connectivity index (χ2v) is 5.65. The summed E-state index contributed by atoms with van der Waals surface area (Å²) in [5.41, 5.74) is 1.07. The average molecular weight is 386 g/mol. The monoisotopic (exact) mass is 385 g/mol. The Morgan fingerprint density at radius 3 is 2.46 bits per heavy atom. The van der Waals surface area contributed by atoms with Crippen LogP contribution in [0.15, 0.2) is 36.4 Å². The molecule has 1 N–H and O–H groups in total. The summed E-state index contributed by atoms with van der Waals surface area (Å²) in [6, 6.07) is 9.42. The molecule has 2 aromatic rings. The van der Waals surface area contributed by atoms with Gasteiger partial charge in [0, 0.05) is 11.6 Å². The van der Waals surface area contributed by atoms with Crippen LogP contribution in [0.5, 0.6) is 17.2 Å². The third-order valence-corrected chi connectivity index (χ3v) is 3.79. The van der Waals surface area contributed by atoms with Crippen molar-refractivity contribution in [2.75, 3.05) is 20.8 Å². The molecule has 2 rings (SSSR count). The molecule has 2 aromatic carbocycles. The minimum atomic E-state index is -2.95. The predicted octanol–water partition coefficient (Wildman–Crippen LogP) is 3.93. The smallest absolute Gasteiger partial charge is 0.387 e. The molecule has 26 heavy (non-hydrogen) atoms. The first-order valence-electron chi connectivity index (χ1n) is 7.68. The number of amides is 1. The van der Waals surface area contributed by atoms with Gasteiger partial charge in [0.15, 0.2) is 11.5 Å². The second kappa shape index (κ2) is 9.24. The molecule has 8 heteroatoms. The summed E-state index contributed by atoms with van der Waals surface area (Å²) in [6.07, 6.45) is 0.422. The number of rotatable bonds is 8. The number of nitrogens with one attached hydrogen (secondary N) is 1. The van der Waals surface area contributed by atoms with Crippen molar-refractivity contribution < 1.29 is 27.8 Å². The van der Waals surface area contributed by atoms with Crippen molar-refractivity contribution >= 4 is 17.5 Å². The summed E-state index contributed by atoms with van der Waals surface area (Å²) in [5, 5.41) is 3.21. The largest absolute Gasteiger partial charge is 0.496 e. The molecule has 0 aliphatic rings. The van der Waals surface area contributed by atoms with Gasteiger partial charge in [0.25, 0.3) is 5.91 Å². The Kier molecular flexibility index (Phi) is 7.03. The maximum Gasteiger partial charge on any atom is 0.387 e. The summed E-state index contributed by atoms with van der Waals surface area (Å²) >= 11 is 5.87. The van der Waals surface area contributed by atoms with Gasteiger partial charge >= 0.3 is 6.61 Å². The number of hydrogen-bond acceptors (Lipinski definition) is 4. The van der Waals surface area contributed by atoms with Crippen molar-refractivity contribution in [1.82, 2.24) is 5.32 Å². The summed E-state index contributed by atoms with van der Waals surface area (Å²) in [6.45, 7) is -2.65. The fraction of sp³-hybridized carbons (Fsp3) is 0.278. The molecule has 0 radical (unpaired) electrons. The third-order valence-electron chi connectivity index (χ3n) is 3.55. The Morgan fingerprint density at radius 2 is 1.81 bits per heavy atom. The Bertz CT molecular complexity index is 771. The minimum absolute atomic E-state index is 0.0503. The minimum Gasteiger partial charge on any atom is -0.496 e. The molecule has 0 aliphatic carbocycles. The Labute approximate surface area is 154 Å². The second-order valence-electron chi connectivity index (χ2n) is 5.21. The van der Waals surface area contributed by atoms with Crippen LogP contribution in [0, 0.1) is 0 Å². The van der Waals surface area contributed by atoms with E-state index in [1.807, 2.05) is 0 Å². The van der Waals surface area contributed by atoms with Crippen molar-refractivity contribution in [2.24, 2.45) is 0 Å². The predicted molar refractivity (Wildman–Crippen MR) is 93.7 cm³/mol. The summed E-state index contributed by atoms with van der Waals surface area (Å²) in [7, 11) is 2.82. The molecule has 0 heterocycles. The van der Waals surface area contributed by atoms with Crippen LogP contribution in [0.4, 0.5) is 8.78 Å². The average Bonchev–Trinajstić information content (AvgIpc) is 2.61. The van der Waals surface area contributed by atoms with E-state index in [0.717, 1.165) is 0 Å². The summed E-state index contributed by atoms with van der Waals surface area (Å²) in [5.74, 6) is 0.206. The molecule has 0 atom stereocenters. The molecule has 1 amide bonds. The van der Waals surface area contributed by atoms with E-state index in [-0.39, 0.29) is 17.4 Å². The van der Waals surface area contributed by atoms with E-state index in [1.54, 1.807) is 24.3 Å². The van der Waals surface area contributed by atoms with E-state index in [4.69, 9.17) is 21.1 Å². The third kappa shape index (κ3) is 5.23. The van der Waals surface area contributed by atoms with Crippen LogP contribution < -0.4 is 19.5 Å². The van der Waals surface area contributed by atoms with Crippen LogP contribution in [0.25, 0.3) is 0 Å². The molecule has 140 valence electrons. The van der Waals surface area contributed by atoms with Crippen LogP contribution >= 0.6 is 11.6 Å².